The van der Waals surface area contributed by atoms with Gasteiger partial charge < -0.3 is 0 Å². The largest absolute Gasteiger partial charge is 0.416 e. The van der Waals surface area contributed by atoms with Crippen LogP contribution in [0, 0.1) is 6.92 Å². The molecule has 0 amide bonds. The van der Waals surface area contributed by atoms with Gasteiger partial charge >= 0.3 is 6.18 Å². The van der Waals surface area contributed by atoms with Gasteiger partial charge in [-0.2, -0.15) is 13.2 Å². The highest BCUT2D eigenvalue weighted by molar-refractivity contribution is 6.00. The van der Waals surface area contributed by atoms with Crippen LogP contribution in [-0.2, 0) is 12.6 Å². The van der Waals surface area contributed by atoms with E-state index in [1.807, 2.05) is 18.2 Å². The second-order valence-electron chi connectivity index (χ2n) is 10.1. The van der Waals surface area contributed by atoms with Crippen molar-refractivity contribution in [3.05, 3.63) is 111 Å². The lowest BCUT2D eigenvalue weighted by Gasteiger charge is -2.33. The fraction of sp³-hybridized carbons (Fsp3) is 0.312. The van der Waals surface area contributed by atoms with Gasteiger partial charge in [0.2, 0.25) is 0 Å². The number of benzene rings is 3. The fourth-order valence-corrected chi connectivity index (χ4v) is 5.50. The molecule has 1 nitrogen and oxygen atoms in total. The summed E-state index contributed by atoms with van der Waals surface area (Å²) in [4.78, 5) is 2.23. The number of rotatable bonds is 6. The van der Waals surface area contributed by atoms with Crippen molar-refractivity contribution in [3.8, 4) is 0 Å². The van der Waals surface area contributed by atoms with E-state index >= 15 is 0 Å². The summed E-state index contributed by atoms with van der Waals surface area (Å²) in [5.74, 6) is 0. The SMILES string of the molecule is Cc1ccc(C2=C(c3ccc(C=C4CN(CCCF)C4)cc3)c3ccccc3CCC2)cc1C(F)(F)F. The average molecular weight is 506 g/mol. The van der Waals surface area contributed by atoms with Gasteiger partial charge in [-0.05, 0) is 88.8 Å². The Bertz CT molecular complexity index is 1320. The van der Waals surface area contributed by atoms with Gasteiger partial charge in [-0.3, -0.25) is 9.29 Å². The molecule has 192 valence electrons. The minimum Gasteiger partial charge on any atom is -0.295 e. The molecule has 1 aliphatic heterocycles. The number of nitrogens with zero attached hydrogens (tertiary/aromatic N) is 1. The Balaban J connectivity index is 1.54. The highest BCUT2D eigenvalue weighted by atomic mass is 19.4. The smallest absolute Gasteiger partial charge is 0.295 e. The highest BCUT2D eigenvalue weighted by Gasteiger charge is 2.33. The van der Waals surface area contributed by atoms with E-state index in [0.717, 1.165) is 60.3 Å². The van der Waals surface area contributed by atoms with Crippen molar-refractivity contribution in [2.45, 2.75) is 38.8 Å². The van der Waals surface area contributed by atoms with Crippen LogP contribution < -0.4 is 0 Å². The second-order valence-corrected chi connectivity index (χ2v) is 10.1. The van der Waals surface area contributed by atoms with Gasteiger partial charge in [-0.25, -0.2) is 0 Å². The number of aryl methyl sites for hydroxylation is 2. The van der Waals surface area contributed by atoms with Crippen LogP contribution in [0.5, 0.6) is 0 Å². The lowest BCUT2D eigenvalue weighted by Crippen LogP contribution is -2.40. The Morgan fingerprint density at radius 3 is 2.35 bits per heavy atom. The number of fused-ring (bicyclic) bond motifs is 1. The number of halogens is 4. The highest BCUT2D eigenvalue weighted by Crippen LogP contribution is 2.42. The standard InChI is InChI=1S/C32H31F4N/c1-22-10-13-27(19-30(22)32(34,35)36)29-9-4-7-25-6-2-3-8-28(25)31(29)26-14-11-23(12-15-26)18-24-20-37(21-24)17-5-16-33/h2-3,6,8,10-15,18-19H,4-5,7,9,16-17,20-21H2,1H3. The molecule has 0 unspecified atom stereocenters. The quantitative estimate of drug-likeness (QED) is 0.304. The van der Waals surface area contributed by atoms with Gasteiger partial charge in [-0.15, -0.1) is 0 Å². The fourth-order valence-electron chi connectivity index (χ4n) is 5.50. The summed E-state index contributed by atoms with van der Waals surface area (Å²) in [6.45, 7) is 3.77. The number of hydrogen-bond donors (Lipinski definition) is 0. The summed E-state index contributed by atoms with van der Waals surface area (Å²) in [5, 5.41) is 0. The maximum absolute atomic E-state index is 13.8. The van der Waals surface area contributed by atoms with Crippen LogP contribution in [0.25, 0.3) is 17.2 Å². The number of allylic oxidation sites excluding steroid dienone is 1. The lowest BCUT2D eigenvalue weighted by atomic mass is 9.86. The zero-order valence-corrected chi connectivity index (χ0v) is 21.0. The van der Waals surface area contributed by atoms with Crippen LogP contribution >= 0.6 is 0 Å². The van der Waals surface area contributed by atoms with Gasteiger partial charge in [-0.1, -0.05) is 66.7 Å². The third kappa shape index (κ3) is 5.57. The number of likely N-dealkylation sites (tertiary alicyclic amines) is 1. The second kappa shape index (κ2) is 10.7. The molecule has 1 heterocycles. The third-order valence-corrected chi connectivity index (χ3v) is 7.38. The molecule has 2 aliphatic rings. The Kier molecular flexibility index (Phi) is 7.34. The first-order chi connectivity index (χ1) is 17.8. The molecule has 37 heavy (non-hydrogen) atoms. The molecular formula is C32H31F4N. The van der Waals surface area contributed by atoms with Crippen LogP contribution in [0.4, 0.5) is 17.6 Å². The van der Waals surface area contributed by atoms with Crippen LogP contribution in [-0.4, -0.2) is 31.2 Å². The van der Waals surface area contributed by atoms with Gasteiger partial charge in [0.1, 0.15) is 0 Å². The molecule has 3 aromatic rings. The molecule has 1 aliphatic carbocycles. The van der Waals surface area contributed by atoms with E-state index in [0.29, 0.717) is 18.4 Å². The van der Waals surface area contributed by atoms with Crippen molar-refractivity contribution in [1.82, 2.24) is 4.90 Å². The summed E-state index contributed by atoms with van der Waals surface area (Å²) in [7, 11) is 0. The van der Waals surface area contributed by atoms with Gasteiger partial charge in [0.25, 0.3) is 0 Å². The van der Waals surface area contributed by atoms with Crippen molar-refractivity contribution < 1.29 is 17.6 Å². The maximum atomic E-state index is 13.8. The van der Waals surface area contributed by atoms with E-state index in [-0.39, 0.29) is 12.2 Å². The van der Waals surface area contributed by atoms with Gasteiger partial charge in [0.15, 0.2) is 0 Å². The van der Waals surface area contributed by atoms with E-state index in [1.165, 1.54) is 24.1 Å². The average Bonchev–Trinajstić information content (AvgIpc) is 3.05. The Morgan fingerprint density at radius 1 is 0.892 bits per heavy atom. The molecule has 0 spiro atoms. The molecule has 0 radical (unpaired) electrons. The first-order valence-electron chi connectivity index (χ1n) is 12.9. The Morgan fingerprint density at radius 2 is 1.62 bits per heavy atom. The Hall–Kier alpha value is -3.18. The lowest BCUT2D eigenvalue weighted by molar-refractivity contribution is -0.138. The molecule has 0 saturated carbocycles. The molecule has 0 atom stereocenters. The van der Waals surface area contributed by atoms with E-state index in [9.17, 15) is 17.6 Å². The molecule has 0 aromatic heterocycles. The van der Waals surface area contributed by atoms with Gasteiger partial charge in [0, 0.05) is 19.6 Å². The summed E-state index contributed by atoms with van der Waals surface area (Å²) >= 11 is 0. The summed E-state index contributed by atoms with van der Waals surface area (Å²) in [5.41, 5.74) is 8.05. The predicted octanol–water partition coefficient (Wildman–Crippen LogP) is 8.37. The van der Waals surface area contributed by atoms with E-state index in [4.69, 9.17) is 0 Å². The maximum Gasteiger partial charge on any atom is 0.416 e. The first-order valence-corrected chi connectivity index (χ1v) is 12.9. The third-order valence-electron chi connectivity index (χ3n) is 7.38. The van der Waals surface area contributed by atoms with E-state index in [2.05, 4.69) is 47.4 Å². The zero-order valence-electron chi connectivity index (χ0n) is 21.0. The number of alkyl halides is 4. The summed E-state index contributed by atoms with van der Waals surface area (Å²) in [6.07, 6.45) is 0.860. The number of hydrogen-bond acceptors (Lipinski definition) is 1. The molecule has 1 saturated heterocycles. The van der Waals surface area contributed by atoms with Crippen LogP contribution in [0.15, 0.2) is 72.3 Å². The van der Waals surface area contributed by atoms with Gasteiger partial charge in [0.05, 0.1) is 12.2 Å². The van der Waals surface area contributed by atoms with E-state index < -0.39 is 11.7 Å². The molecule has 0 bridgehead atoms. The van der Waals surface area contributed by atoms with Crippen LogP contribution in [0.2, 0.25) is 0 Å². The summed E-state index contributed by atoms with van der Waals surface area (Å²) in [6, 6.07) is 21.3. The topological polar surface area (TPSA) is 3.24 Å². The van der Waals surface area contributed by atoms with Crippen LogP contribution in [0.1, 0.15) is 58.2 Å². The monoisotopic (exact) mass is 505 g/mol. The van der Waals surface area contributed by atoms with E-state index in [1.54, 1.807) is 6.07 Å². The zero-order chi connectivity index (χ0) is 26.0. The molecule has 5 rings (SSSR count). The van der Waals surface area contributed by atoms with Crippen LogP contribution in [0.3, 0.4) is 0 Å². The molecule has 3 aromatic carbocycles. The molecular weight excluding hydrogens is 474 g/mol. The Labute approximate surface area is 216 Å². The van der Waals surface area contributed by atoms with Crippen molar-refractivity contribution >= 4 is 17.2 Å². The molecule has 0 N–H and O–H groups in total. The van der Waals surface area contributed by atoms with Crippen molar-refractivity contribution in [2.75, 3.05) is 26.3 Å². The minimum atomic E-state index is -4.39. The van der Waals surface area contributed by atoms with Crippen molar-refractivity contribution in [3.63, 3.8) is 0 Å². The summed E-state index contributed by atoms with van der Waals surface area (Å²) < 4.78 is 53.7. The molecule has 5 heteroatoms. The predicted molar refractivity (Wildman–Crippen MR) is 143 cm³/mol. The van der Waals surface area contributed by atoms with Crippen molar-refractivity contribution in [1.29, 1.82) is 0 Å². The normalized spacial score (nSPS) is 16.3. The van der Waals surface area contributed by atoms with Crippen molar-refractivity contribution in [2.24, 2.45) is 0 Å². The minimum absolute atomic E-state index is 0.240. The molecule has 1 fully saturated rings. The first kappa shape index (κ1) is 25.5.